The smallest absolute Gasteiger partial charge is 0.0544 e. The van der Waals surface area contributed by atoms with Crippen LogP contribution < -0.4 is 0 Å². The van der Waals surface area contributed by atoms with Crippen LogP contribution in [0.1, 0.15) is 33.6 Å². The summed E-state index contributed by atoms with van der Waals surface area (Å²) in [5.41, 5.74) is 0. The summed E-state index contributed by atoms with van der Waals surface area (Å²) in [5.74, 6) is 0.374. The average molecular weight is 160 g/mol. The molecule has 0 aromatic carbocycles. The lowest BCUT2D eigenvalue weighted by Gasteiger charge is -2.12. The van der Waals surface area contributed by atoms with Crippen molar-refractivity contribution in [3.63, 3.8) is 0 Å². The van der Waals surface area contributed by atoms with Crippen molar-refractivity contribution >= 4 is 0 Å². The topological polar surface area (TPSA) is 29.5 Å². The molecule has 0 saturated heterocycles. The van der Waals surface area contributed by atoms with E-state index in [1.54, 1.807) is 0 Å². The number of hydrogen-bond donors (Lipinski definition) is 1. The predicted octanol–water partition coefficient (Wildman–Crippen LogP) is 1.82. The molecule has 0 amide bonds. The van der Waals surface area contributed by atoms with Crippen LogP contribution in [-0.4, -0.2) is 24.4 Å². The van der Waals surface area contributed by atoms with Gasteiger partial charge < -0.3 is 9.84 Å². The monoisotopic (exact) mass is 160 g/mol. The standard InChI is InChI=1S/C9H20O2/c1-4-9(3)11-6-5-8(2)7-10/h8-10H,4-7H2,1-3H3. The molecule has 0 aliphatic rings. The summed E-state index contributed by atoms with van der Waals surface area (Å²) in [6.45, 7) is 7.25. The summed E-state index contributed by atoms with van der Waals surface area (Å²) in [6, 6.07) is 0. The number of ether oxygens (including phenoxy) is 1. The molecule has 2 atom stereocenters. The lowest BCUT2D eigenvalue weighted by atomic mass is 10.1. The van der Waals surface area contributed by atoms with E-state index in [0.717, 1.165) is 19.4 Å². The van der Waals surface area contributed by atoms with Crippen LogP contribution in [0, 0.1) is 5.92 Å². The summed E-state index contributed by atoms with van der Waals surface area (Å²) in [4.78, 5) is 0. The van der Waals surface area contributed by atoms with Crippen molar-refractivity contribution in [1.82, 2.24) is 0 Å². The summed E-state index contributed by atoms with van der Waals surface area (Å²) in [6.07, 6.45) is 2.38. The first kappa shape index (κ1) is 10.9. The third-order valence-corrected chi connectivity index (χ3v) is 1.90. The lowest BCUT2D eigenvalue weighted by Crippen LogP contribution is -2.11. The van der Waals surface area contributed by atoms with Gasteiger partial charge in [0.1, 0.15) is 0 Å². The largest absolute Gasteiger partial charge is 0.396 e. The molecular formula is C9H20O2. The second-order valence-corrected chi connectivity index (χ2v) is 3.17. The Bertz CT molecular complexity index is 73.6. The van der Waals surface area contributed by atoms with Gasteiger partial charge in [-0.2, -0.15) is 0 Å². The predicted molar refractivity (Wildman–Crippen MR) is 46.6 cm³/mol. The molecule has 0 spiro atoms. The van der Waals surface area contributed by atoms with E-state index in [2.05, 4.69) is 13.8 Å². The molecule has 0 fully saturated rings. The van der Waals surface area contributed by atoms with Gasteiger partial charge in [0.25, 0.3) is 0 Å². The van der Waals surface area contributed by atoms with Crippen molar-refractivity contribution in [1.29, 1.82) is 0 Å². The van der Waals surface area contributed by atoms with Crippen LogP contribution in [0.3, 0.4) is 0 Å². The zero-order chi connectivity index (χ0) is 8.69. The van der Waals surface area contributed by atoms with E-state index in [4.69, 9.17) is 9.84 Å². The van der Waals surface area contributed by atoms with Gasteiger partial charge in [-0.3, -0.25) is 0 Å². The molecule has 0 aliphatic heterocycles. The van der Waals surface area contributed by atoms with Gasteiger partial charge in [-0.25, -0.2) is 0 Å². The van der Waals surface area contributed by atoms with Gasteiger partial charge in [0.15, 0.2) is 0 Å². The Labute approximate surface area is 69.6 Å². The van der Waals surface area contributed by atoms with Gasteiger partial charge in [0, 0.05) is 13.2 Å². The Kier molecular flexibility index (Phi) is 6.57. The Hall–Kier alpha value is -0.0800. The molecule has 11 heavy (non-hydrogen) atoms. The van der Waals surface area contributed by atoms with Crippen molar-refractivity contribution in [2.75, 3.05) is 13.2 Å². The van der Waals surface area contributed by atoms with Crippen LogP contribution in [0.4, 0.5) is 0 Å². The van der Waals surface area contributed by atoms with Gasteiger partial charge in [-0.15, -0.1) is 0 Å². The fourth-order valence-electron chi connectivity index (χ4n) is 0.680. The second kappa shape index (κ2) is 6.62. The highest BCUT2D eigenvalue weighted by atomic mass is 16.5. The maximum absolute atomic E-state index is 8.70. The first-order valence-electron chi connectivity index (χ1n) is 4.43. The number of aliphatic hydroxyl groups excluding tert-OH is 1. The van der Waals surface area contributed by atoms with Gasteiger partial charge in [0.05, 0.1) is 6.10 Å². The number of hydrogen-bond acceptors (Lipinski definition) is 2. The highest BCUT2D eigenvalue weighted by molar-refractivity contribution is 4.50. The van der Waals surface area contributed by atoms with Crippen LogP contribution in [0.25, 0.3) is 0 Å². The number of rotatable bonds is 6. The Balaban J connectivity index is 3.13. The summed E-state index contributed by atoms with van der Waals surface area (Å²) in [7, 11) is 0. The zero-order valence-electron chi connectivity index (χ0n) is 7.84. The molecule has 2 nitrogen and oxygen atoms in total. The van der Waals surface area contributed by atoms with Crippen molar-refractivity contribution < 1.29 is 9.84 Å². The van der Waals surface area contributed by atoms with E-state index >= 15 is 0 Å². The third kappa shape index (κ3) is 6.32. The van der Waals surface area contributed by atoms with Gasteiger partial charge in [-0.1, -0.05) is 13.8 Å². The van der Waals surface area contributed by atoms with Crippen LogP contribution in [0.15, 0.2) is 0 Å². The van der Waals surface area contributed by atoms with Gasteiger partial charge in [0.2, 0.25) is 0 Å². The minimum absolute atomic E-state index is 0.268. The molecule has 0 aromatic rings. The lowest BCUT2D eigenvalue weighted by molar-refractivity contribution is 0.0502. The van der Waals surface area contributed by atoms with E-state index in [1.165, 1.54) is 0 Å². The molecule has 68 valence electrons. The zero-order valence-corrected chi connectivity index (χ0v) is 7.84. The van der Waals surface area contributed by atoms with E-state index in [0.29, 0.717) is 12.0 Å². The quantitative estimate of drug-likeness (QED) is 0.642. The van der Waals surface area contributed by atoms with Crippen molar-refractivity contribution in [2.24, 2.45) is 5.92 Å². The van der Waals surface area contributed by atoms with Crippen LogP contribution in [0.5, 0.6) is 0 Å². The summed E-state index contributed by atoms with van der Waals surface area (Å²) in [5, 5.41) is 8.70. The molecule has 2 unspecified atom stereocenters. The Morgan fingerprint density at radius 1 is 1.36 bits per heavy atom. The minimum Gasteiger partial charge on any atom is -0.396 e. The maximum Gasteiger partial charge on any atom is 0.0544 e. The summed E-state index contributed by atoms with van der Waals surface area (Å²) >= 11 is 0. The second-order valence-electron chi connectivity index (χ2n) is 3.17. The summed E-state index contributed by atoms with van der Waals surface area (Å²) < 4.78 is 5.45. The normalized spacial score (nSPS) is 16.4. The molecule has 0 rings (SSSR count). The fraction of sp³-hybridized carbons (Fsp3) is 1.00. The first-order valence-corrected chi connectivity index (χ1v) is 4.43. The molecule has 0 heterocycles. The first-order chi connectivity index (χ1) is 5.20. The average Bonchev–Trinajstić information content (AvgIpc) is 2.04. The van der Waals surface area contributed by atoms with Gasteiger partial charge in [-0.05, 0) is 25.7 Å². The minimum atomic E-state index is 0.268. The van der Waals surface area contributed by atoms with E-state index < -0.39 is 0 Å². The molecule has 0 radical (unpaired) electrons. The third-order valence-electron chi connectivity index (χ3n) is 1.90. The van der Waals surface area contributed by atoms with Crippen LogP contribution in [0.2, 0.25) is 0 Å². The molecule has 1 N–H and O–H groups in total. The van der Waals surface area contributed by atoms with E-state index in [1.807, 2.05) is 6.92 Å². The van der Waals surface area contributed by atoms with Crippen LogP contribution >= 0.6 is 0 Å². The highest BCUT2D eigenvalue weighted by Gasteiger charge is 2.01. The molecule has 0 saturated carbocycles. The Morgan fingerprint density at radius 2 is 2.00 bits per heavy atom. The van der Waals surface area contributed by atoms with Crippen molar-refractivity contribution in [2.45, 2.75) is 39.7 Å². The van der Waals surface area contributed by atoms with E-state index in [-0.39, 0.29) is 6.61 Å². The van der Waals surface area contributed by atoms with Crippen molar-refractivity contribution in [3.05, 3.63) is 0 Å². The van der Waals surface area contributed by atoms with Crippen molar-refractivity contribution in [3.8, 4) is 0 Å². The maximum atomic E-state index is 8.70. The van der Waals surface area contributed by atoms with E-state index in [9.17, 15) is 0 Å². The fourth-order valence-corrected chi connectivity index (χ4v) is 0.680. The van der Waals surface area contributed by atoms with Gasteiger partial charge >= 0.3 is 0 Å². The Morgan fingerprint density at radius 3 is 2.45 bits per heavy atom. The highest BCUT2D eigenvalue weighted by Crippen LogP contribution is 2.03. The molecule has 2 heteroatoms. The molecule has 0 bridgehead atoms. The molecule has 0 aliphatic carbocycles. The molecule has 0 aromatic heterocycles. The molecular weight excluding hydrogens is 140 g/mol. The van der Waals surface area contributed by atoms with Crippen LogP contribution in [-0.2, 0) is 4.74 Å². The SMILES string of the molecule is CCC(C)OCCC(C)CO. The number of aliphatic hydroxyl groups is 1.